The van der Waals surface area contributed by atoms with Crippen LogP contribution in [0.2, 0.25) is 0 Å². The second kappa shape index (κ2) is 6.27. The maximum absolute atomic E-state index is 4.83. The highest BCUT2D eigenvalue weighted by Gasteiger charge is 2.23. The molecule has 0 N–H and O–H groups in total. The zero-order chi connectivity index (χ0) is 13.9. The van der Waals surface area contributed by atoms with E-state index in [0.29, 0.717) is 6.04 Å². The summed E-state index contributed by atoms with van der Waals surface area (Å²) in [6, 6.07) is 9.26. The molecule has 1 saturated heterocycles. The van der Waals surface area contributed by atoms with E-state index in [1.807, 2.05) is 0 Å². The van der Waals surface area contributed by atoms with Crippen LogP contribution in [0.1, 0.15) is 31.9 Å². The number of benzene rings is 1. The van der Waals surface area contributed by atoms with E-state index in [1.165, 1.54) is 42.4 Å². The monoisotopic (exact) mass is 335 g/mol. The Kier molecular flexibility index (Phi) is 4.41. The quantitative estimate of drug-likeness (QED) is 0.792. The number of rotatable bonds is 4. The second-order valence-corrected chi connectivity index (χ2v) is 6.20. The van der Waals surface area contributed by atoms with Crippen molar-refractivity contribution in [1.82, 2.24) is 14.7 Å². The molecule has 2 aromatic rings. The first-order chi connectivity index (χ1) is 9.83. The van der Waals surface area contributed by atoms with Crippen molar-refractivity contribution in [1.29, 1.82) is 0 Å². The highest BCUT2D eigenvalue weighted by molar-refractivity contribution is 9.09. The van der Waals surface area contributed by atoms with Gasteiger partial charge in [0.15, 0.2) is 0 Å². The van der Waals surface area contributed by atoms with E-state index in [-0.39, 0.29) is 0 Å². The molecule has 3 rings (SSSR count). The minimum atomic E-state index is 0.661. The van der Waals surface area contributed by atoms with Gasteiger partial charge in [0.1, 0.15) is 0 Å². The molecule has 1 atom stereocenters. The normalized spacial score (nSPS) is 20.6. The van der Waals surface area contributed by atoms with Crippen LogP contribution in [0.15, 0.2) is 24.3 Å². The topological polar surface area (TPSA) is 21.1 Å². The van der Waals surface area contributed by atoms with Crippen molar-refractivity contribution in [2.24, 2.45) is 0 Å². The summed E-state index contributed by atoms with van der Waals surface area (Å²) in [6.45, 7) is 5.27. The Balaban J connectivity index is 1.90. The van der Waals surface area contributed by atoms with E-state index in [1.54, 1.807) is 0 Å². The van der Waals surface area contributed by atoms with Crippen molar-refractivity contribution < 1.29 is 0 Å². The van der Waals surface area contributed by atoms with Crippen LogP contribution in [0.3, 0.4) is 0 Å². The molecule has 1 aliphatic rings. The van der Waals surface area contributed by atoms with Crippen LogP contribution in [0.25, 0.3) is 10.9 Å². The molecule has 1 fully saturated rings. The molecule has 2 heterocycles. The van der Waals surface area contributed by atoms with Crippen molar-refractivity contribution in [3.05, 3.63) is 30.0 Å². The first kappa shape index (κ1) is 14.1. The summed E-state index contributed by atoms with van der Waals surface area (Å²) in [7, 11) is 0. The fraction of sp³-hybridized carbons (Fsp3) is 0.562. The maximum Gasteiger partial charge on any atom is 0.0843 e. The number of alkyl halides is 1. The van der Waals surface area contributed by atoms with E-state index in [2.05, 4.69) is 56.7 Å². The summed E-state index contributed by atoms with van der Waals surface area (Å²) in [5.74, 6) is 0. The van der Waals surface area contributed by atoms with Gasteiger partial charge in [-0.1, -0.05) is 40.5 Å². The third-order valence-electron chi connectivity index (χ3n) is 4.31. The van der Waals surface area contributed by atoms with Gasteiger partial charge in [0.2, 0.25) is 0 Å². The van der Waals surface area contributed by atoms with Gasteiger partial charge < -0.3 is 0 Å². The van der Waals surface area contributed by atoms with Gasteiger partial charge in [-0.3, -0.25) is 9.58 Å². The van der Waals surface area contributed by atoms with Crippen LogP contribution in [0.5, 0.6) is 0 Å². The number of fused-ring (bicyclic) bond motifs is 1. The Hall–Kier alpha value is -0.870. The maximum atomic E-state index is 4.83. The predicted octanol–water partition coefficient (Wildman–Crippen LogP) is 3.81. The average molecular weight is 336 g/mol. The molecule has 0 spiro atoms. The lowest BCUT2D eigenvalue weighted by Gasteiger charge is -2.34. The van der Waals surface area contributed by atoms with Gasteiger partial charge in [0.05, 0.1) is 11.2 Å². The highest BCUT2D eigenvalue weighted by atomic mass is 79.9. The Morgan fingerprint density at radius 1 is 1.30 bits per heavy atom. The lowest BCUT2D eigenvalue weighted by atomic mass is 10.0. The molecule has 1 unspecified atom stereocenters. The minimum Gasteiger partial charge on any atom is -0.294 e. The first-order valence-corrected chi connectivity index (χ1v) is 8.70. The summed E-state index contributed by atoms with van der Waals surface area (Å²) in [6.07, 6.45) is 3.98. The van der Waals surface area contributed by atoms with Crippen LogP contribution in [0.4, 0.5) is 0 Å². The molecule has 0 amide bonds. The first-order valence-electron chi connectivity index (χ1n) is 7.58. The number of halogens is 1. The molecule has 3 nitrogen and oxygen atoms in total. The number of aryl methyl sites for hydroxylation is 1. The number of hydrogen-bond acceptors (Lipinski definition) is 2. The van der Waals surface area contributed by atoms with Crippen molar-refractivity contribution in [2.45, 2.75) is 45.3 Å². The van der Waals surface area contributed by atoms with Crippen molar-refractivity contribution in [3.8, 4) is 0 Å². The Labute approximate surface area is 129 Å². The number of nitrogens with zero attached hydrogens (tertiary/aromatic N) is 3. The third-order valence-corrected chi connectivity index (χ3v) is 5.06. The Bertz CT molecular complexity index is 578. The van der Waals surface area contributed by atoms with E-state index >= 15 is 0 Å². The SMILES string of the molecule is CCn1nc(CN2CCCCC2CBr)c2ccccc21. The minimum absolute atomic E-state index is 0.661. The fourth-order valence-corrected chi connectivity index (χ4v) is 3.92. The summed E-state index contributed by atoms with van der Waals surface area (Å²) in [5, 5.41) is 7.21. The van der Waals surface area contributed by atoms with Crippen LogP contribution in [-0.4, -0.2) is 32.6 Å². The molecule has 108 valence electrons. The van der Waals surface area contributed by atoms with Crippen LogP contribution >= 0.6 is 15.9 Å². The van der Waals surface area contributed by atoms with Crippen molar-refractivity contribution >= 4 is 26.8 Å². The molecule has 1 aliphatic heterocycles. The van der Waals surface area contributed by atoms with Gasteiger partial charge in [0, 0.05) is 29.8 Å². The average Bonchev–Trinajstić information content (AvgIpc) is 2.86. The molecule has 1 aromatic carbocycles. The van der Waals surface area contributed by atoms with Gasteiger partial charge in [0.25, 0.3) is 0 Å². The Morgan fingerprint density at radius 2 is 2.15 bits per heavy atom. The van der Waals surface area contributed by atoms with Gasteiger partial charge in [-0.05, 0) is 32.4 Å². The third kappa shape index (κ3) is 2.63. The number of aromatic nitrogens is 2. The summed E-state index contributed by atoms with van der Waals surface area (Å²) < 4.78 is 2.12. The van der Waals surface area contributed by atoms with Crippen molar-refractivity contribution in [3.63, 3.8) is 0 Å². The number of piperidine rings is 1. The van der Waals surface area contributed by atoms with Crippen LogP contribution in [0, 0.1) is 0 Å². The molecular weight excluding hydrogens is 314 g/mol. The molecule has 20 heavy (non-hydrogen) atoms. The fourth-order valence-electron chi connectivity index (χ4n) is 3.19. The second-order valence-electron chi connectivity index (χ2n) is 5.55. The van der Waals surface area contributed by atoms with E-state index in [0.717, 1.165) is 18.4 Å². The van der Waals surface area contributed by atoms with Crippen LogP contribution in [-0.2, 0) is 13.1 Å². The van der Waals surface area contributed by atoms with Gasteiger partial charge in [-0.25, -0.2) is 0 Å². The van der Waals surface area contributed by atoms with Gasteiger partial charge >= 0.3 is 0 Å². The standard InChI is InChI=1S/C16H22BrN3/c1-2-20-16-9-4-3-8-14(16)15(18-20)12-19-10-6-5-7-13(19)11-17/h3-4,8-9,13H,2,5-7,10-12H2,1H3. The molecule has 0 saturated carbocycles. The molecule has 0 radical (unpaired) electrons. The molecule has 0 aliphatic carbocycles. The number of hydrogen-bond donors (Lipinski definition) is 0. The van der Waals surface area contributed by atoms with Gasteiger partial charge in [-0.15, -0.1) is 0 Å². The summed E-state index contributed by atoms with van der Waals surface area (Å²) in [5.41, 5.74) is 2.49. The van der Waals surface area contributed by atoms with Gasteiger partial charge in [-0.2, -0.15) is 5.10 Å². The molecule has 4 heteroatoms. The van der Waals surface area contributed by atoms with E-state index in [9.17, 15) is 0 Å². The summed E-state index contributed by atoms with van der Waals surface area (Å²) >= 11 is 3.67. The largest absolute Gasteiger partial charge is 0.294 e. The molecular formula is C16H22BrN3. The van der Waals surface area contributed by atoms with E-state index < -0.39 is 0 Å². The zero-order valence-electron chi connectivity index (χ0n) is 12.1. The predicted molar refractivity (Wildman–Crippen MR) is 87.3 cm³/mol. The number of para-hydroxylation sites is 1. The van der Waals surface area contributed by atoms with Crippen molar-refractivity contribution in [2.75, 3.05) is 11.9 Å². The smallest absolute Gasteiger partial charge is 0.0843 e. The van der Waals surface area contributed by atoms with E-state index in [4.69, 9.17) is 5.10 Å². The lowest BCUT2D eigenvalue weighted by molar-refractivity contribution is 0.155. The molecule has 1 aromatic heterocycles. The zero-order valence-corrected chi connectivity index (χ0v) is 13.6. The lowest BCUT2D eigenvalue weighted by Crippen LogP contribution is -2.40. The Morgan fingerprint density at radius 3 is 2.95 bits per heavy atom. The highest BCUT2D eigenvalue weighted by Crippen LogP contribution is 2.24. The number of likely N-dealkylation sites (tertiary alicyclic amines) is 1. The molecule has 0 bridgehead atoms. The van der Waals surface area contributed by atoms with Crippen LogP contribution < -0.4 is 0 Å². The summed E-state index contributed by atoms with van der Waals surface area (Å²) in [4.78, 5) is 2.59.